The number of Topliss-reactive ketones (excluding diaryl/α,β-unsaturated/α-hetero) is 1. The Morgan fingerprint density at radius 1 is 1.14 bits per heavy atom. The highest BCUT2D eigenvalue weighted by molar-refractivity contribution is 9.09. The number of halogens is 1. The minimum Gasteiger partial charge on any atom is -0.494 e. The number of rotatable bonds is 7. The Balaban J connectivity index is 2.05. The summed E-state index contributed by atoms with van der Waals surface area (Å²) in [6.45, 7) is 3.24. The van der Waals surface area contributed by atoms with Gasteiger partial charge in [-0.2, -0.15) is 0 Å². The third-order valence-electron chi connectivity index (χ3n) is 3.84. The molecule has 1 aromatic carbocycles. The van der Waals surface area contributed by atoms with Crippen LogP contribution in [0.2, 0.25) is 0 Å². The number of carbonyl (C=O) groups is 1. The highest BCUT2D eigenvalue weighted by Gasteiger charge is 2.15. The molecule has 0 aromatic heterocycles. The molecule has 0 bridgehead atoms. The molecule has 116 valence electrons. The molecule has 0 heterocycles. The maximum absolute atomic E-state index is 11.9. The first kappa shape index (κ1) is 16.3. The molecule has 21 heavy (non-hydrogen) atoms. The maximum Gasteiger partial charge on any atom is 0.173 e. The second kappa shape index (κ2) is 8.42. The van der Waals surface area contributed by atoms with Crippen LogP contribution in [0.3, 0.4) is 0 Å². The van der Waals surface area contributed by atoms with Gasteiger partial charge in [-0.05, 0) is 37.8 Å². The summed E-state index contributed by atoms with van der Waals surface area (Å²) in [5, 5.41) is 0.310. The van der Waals surface area contributed by atoms with Gasteiger partial charge in [-0.3, -0.25) is 4.79 Å². The minimum absolute atomic E-state index is 0.0408. The van der Waals surface area contributed by atoms with Gasteiger partial charge in [0.05, 0.1) is 18.5 Å². The quantitative estimate of drug-likeness (QED) is 0.529. The fraction of sp³-hybridized carbons (Fsp3) is 0.588. The predicted octanol–water partition coefficient (Wildman–Crippen LogP) is 4.62. The first-order chi connectivity index (χ1) is 10.2. The van der Waals surface area contributed by atoms with Crippen LogP contribution in [0.1, 0.15) is 49.4 Å². The third-order valence-corrected chi connectivity index (χ3v) is 4.35. The summed E-state index contributed by atoms with van der Waals surface area (Å²) in [5.41, 5.74) is 0.636. The van der Waals surface area contributed by atoms with Gasteiger partial charge in [0.1, 0.15) is 11.5 Å². The zero-order valence-corrected chi connectivity index (χ0v) is 14.2. The van der Waals surface area contributed by atoms with Crippen LogP contribution < -0.4 is 9.47 Å². The van der Waals surface area contributed by atoms with E-state index in [1.807, 2.05) is 19.1 Å². The molecule has 0 atom stereocenters. The lowest BCUT2D eigenvalue weighted by molar-refractivity contribution is 0.102. The Kier molecular flexibility index (Phi) is 6.55. The monoisotopic (exact) mass is 354 g/mol. The van der Waals surface area contributed by atoms with Gasteiger partial charge in [-0.15, -0.1) is 0 Å². The Labute approximate surface area is 135 Å². The van der Waals surface area contributed by atoms with Gasteiger partial charge in [0.2, 0.25) is 0 Å². The fourth-order valence-corrected chi connectivity index (χ4v) is 3.03. The van der Waals surface area contributed by atoms with Gasteiger partial charge in [0, 0.05) is 11.6 Å². The Morgan fingerprint density at radius 2 is 1.81 bits per heavy atom. The molecule has 2 rings (SSSR count). The van der Waals surface area contributed by atoms with Crippen LogP contribution >= 0.6 is 15.9 Å². The van der Waals surface area contributed by atoms with E-state index in [4.69, 9.17) is 9.47 Å². The molecule has 1 saturated carbocycles. The van der Waals surface area contributed by atoms with Crippen molar-refractivity contribution in [1.29, 1.82) is 0 Å². The lowest BCUT2D eigenvalue weighted by atomic mass is 9.90. The van der Waals surface area contributed by atoms with Gasteiger partial charge < -0.3 is 9.47 Å². The van der Waals surface area contributed by atoms with Gasteiger partial charge in [-0.1, -0.05) is 35.2 Å². The van der Waals surface area contributed by atoms with Crippen LogP contribution in [0.4, 0.5) is 0 Å². The number of benzene rings is 1. The molecule has 0 N–H and O–H groups in total. The van der Waals surface area contributed by atoms with Gasteiger partial charge in [0.25, 0.3) is 0 Å². The maximum atomic E-state index is 11.9. The summed E-state index contributed by atoms with van der Waals surface area (Å²) >= 11 is 3.21. The summed E-state index contributed by atoms with van der Waals surface area (Å²) in [5.74, 6) is 2.11. The highest BCUT2D eigenvalue weighted by atomic mass is 79.9. The van der Waals surface area contributed by atoms with Crippen LogP contribution in [-0.2, 0) is 0 Å². The second-order valence-corrected chi connectivity index (χ2v) is 6.06. The lowest BCUT2D eigenvalue weighted by Crippen LogP contribution is -2.15. The summed E-state index contributed by atoms with van der Waals surface area (Å²) in [6.07, 6.45) is 6.46. The van der Waals surface area contributed by atoms with E-state index < -0.39 is 0 Å². The Hall–Kier alpha value is -1.03. The van der Waals surface area contributed by atoms with Crippen molar-refractivity contribution in [2.24, 2.45) is 5.92 Å². The van der Waals surface area contributed by atoms with E-state index in [0.29, 0.717) is 29.2 Å². The summed E-state index contributed by atoms with van der Waals surface area (Å²) in [6, 6.07) is 5.47. The highest BCUT2D eigenvalue weighted by Crippen LogP contribution is 2.27. The number of carbonyl (C=O) groups excluding carboxylic acids is 1. The van der Waals surface area contributed by atoms with Crippen molar-refractivity contribution in [2.45, 2.75) is 39.0 Å². The molecule has 0 saturated heterocycles. The van der Waals surface area contributed by atoms with Gasteiger partial charge in [-0.25, -0.2) is 0 Å². The largest absolute Gasteiger partial charge is 0.494 e. The minimum atomic E-state index is 0.0408. The molecule has 1 fully saturated rings. The number of ether oxygens (including phenoxy) is 2. The van der Waals surface area contributed by atoms with E-state index in [1.54, 1.807) is 6.07 Å². The van der Waals surface area contributed by atoms with Crippen molar-refractivity contribution in [2.75, 3.05) is 18.5 Å². The van der Waals surface area contributed by atoms with E-state index in [0.717, 1.165) is 12.4 Å². The van der Waals surface area contributed by atoms with Crippen molar-refractivity contribution in [3.05, 3.63) is 23.8 Å². The smallest absolute Gasteiger partial charge is 0.173 e. The topological polar surface area (TPSA) is 35.5 Å². The number of hydrogen-bond acceptors (Lipinski definition) is 3. The van der Waals surface area contributed by atoms with E-state index >= 15 is 0 Å². The molecule has 0 radical (unpaired) electrons. The average molecular weight is 355 g/mol. The average Bonchev–Trinajstić information content (AvgIpc) is 2.53. The SMILES string of the molecule is CCOc1cc(OCC2CCCCC2)cc(C(=O)CBr)c1. The molecule has 1 aliphatic rings. The zero-order chi connectivity index (χ0) is 15.1. The molecule has 0 amide bonds. The molecule has 3 nitrogen and oxygen atoms in total. The molecule has 0 unspecified atom stereocenters. The van der Waals surface area contributed by atoms with E-state index in [9.17, 15) is 4.79 Å². The molecular weight excluding hydrogens is 332 g/mol. The van der Waals surface area contributed by atoms with Crippen LogP contribution in [0.5, 0.6) is 11.5 Å². The van der Waals surface area contributed by atoms with E-state index in [1.165, 1.54) is 32.1 Å². The summed E-state index contributed by atoms with van der Waals surface area (Å²) < 4.78 is 11.4. The summed E-state index contributed by atoms with van der Waals surface area (Å²) in [4.78, 5) is 11.9. The normalized spacial score (nSPS) is 15.7. The van der Waals surface area contributed by atoms with Gasteiger partial charge in [0.15, 0.2) is 5.78 Å². The van der Waals surface area contributed by atoms with E-state index in [2.05, 4.69) is 15.9 Å². The van der Waals surface area contributed by atoms with Crippen LogP contribution in [0.15, 0.2) is 18.2 Å². The number of ketones is 1. The standard InChI is InChI=1S/C17H23BrO3/c1-2-20-15-8-14(17(19)11-18)9-16(10-15)21-12-13-6-4-3-5-7-13/h8-10,13H,2-7,11-12H2,1H3. The lowest BCUT2D eigenvalue weighted by Gasteiger charge is -2.22. The van der Waals surface area contributed by atoms with Crippen molar-refractivity contribution in [3.63, 3.8) is 0 Å². The molecular formula is C17H23BrO3. The molecule has 4 heteroatoms. The molecule has 1 aromatic rings. The Morgan fingerprint density at radius 3 is 2.43 bits per heavy atom. The third kappa shape index (κ3) is 5.03. The van der Waals surface area contributed by atoms with Crippen molar-refractivity contribution in [3.8, 4) is 11.5 Å². The van der Waals surface area contributed by atoms with Gasteiger partial charge >= 0.3 is 0 Å². The zero-order valence-electron chi connectivity index (χ0n) is 12.6. The first-order valence-corrected chi connectivity index (χ1v) is 8.85. The van der Waals surface area contributed by atoms with Crippen LogP contribution in [0, 0.1) is 5.92 Å². The second-order valence-electron chi connectivity index (χ2n) is 5.50. The van der Waals surface area contributed by atoms with E-state index in [-0.39, 0.29) is 5.78 Å². The molecule has 0 aliphatic heterocycles. The van der Waals surface area contributed by atoms with Crippen LogP contribution in [0.25, 0.3) is 0 Å². The summed E-state index contributed by atoms with van der Waals surface area (Å²) in [7, 11) is 0. The molecule has 1 aliphatic carbocycles. The molecule has 0 spiro atoms. The first-order valence-electron chi connectivity index (χ1n) is 7.72. The van der Waals surface area contributed by atoms with Crippen molar-refractivity contribution < 1.29 is 14.3 Å². The fourth-order valence-electron chi connectivity index (χ4n) is 2.71. The predicted molar refractivity (Wildman–Crippen MR) is 87.8 cm³/mol. The van der Waals surface area contributed by atoms with Crippen molar-refractivity contribution >= 4 is 21.7 Å². The number of alkyl halides is 1. The Bertz CT molecular complexity index is 467. The van der Waals surface area contributed by atoms with Crippen LogP contribution in [-0.4, -0.2) is 24.3 Å². The number of hydrogen-bond donors (Lipinski definition) is 0. The van der Waals surface area contributed by atoms with Crippen molar-refractivity contribution in [1.82, 2.24) is 0 Å².